The molecule has 10 rings (SSSR count). The summed E-state index contributed by atoms with van der Waals surface area (Å²) in [5, 5.41) is 19.0. The number of amidine groups is 1. The lowest BCUT2D eigenvalue weighted by atomic mass is 9.93. The number of carbonyl (C=O) groups is 2. The third kappa shape index (κ3) is 14.5. The number of methoxy groups -OCH3 is 1. The number of aliphatic hydroxyl groups excluding tert-OH is 1. The topological polar surface area (TPSA) is 144 Å². The minimum Gasteiger partial charge on any atom is -0.497 e. The molecule has 15 nitrogen and oxygen atoms in total. The molecule has 2 fully saturated rings. The first-order chi connectivity index (χ1) is 40.4. The minimum absolute atomic E-state index is 0.00707. The monoisotopic (exact) mass is 1160 g/mol. The maximum absolute atomic E-state index is 15.2. The van der Waals surface area contributed by atoms with Gasteiger partial charge < -0.3 is 29.7 Å². The largest absolute Gasteiger partial charge is 0.497 e. The Labute approximate surface area is 498 Å². The van der Waals surface area contributed by atoms with Crippen molar-refractivity contribution in [2.45, 2.75) is 90.3 Å². The first-order valence-corrected chi connectivity index (χ1v) is 30.3. The van der Waals surface area contributed by atoms with Crippen molar-refractivity contribution in [3.05, 3.63) is 165 Å². The van der Waals surface area contributed by atoms with Crippen LogP contribution in [0.4, 0.5) is 10.6 Å². The zero-order valence-electron chi connectivity index (χ0n) is 48.4. The maximum Gasteiger partial charge on any atom is 0.326 e. The van der Waals surface area contributed by atoms with E-state index < -0.39 is 12.1 Å². The van der Waals surface area contributed by atoms with Crippen LogP contribution in [0.25, 0.3) is 28.0 Å². The Kier molecular flexibility index (Phi) is 20.0. The number of ether oxygens (including phenoxy) is 2. The Hall–Kier alpha value is -7.01. The van der Waals surface area contributed by atoms with Gasteiger partial charge in [-0.2, -0.15) is 9.61 Å². The number of unbranched alkanes of at least 4 members (excludes halogenated alkanes) is 6. The number of rotatable bonds is 23. The first-order valence-electron chi connectivity index (χ1n) is 29.6. The molecule has 0 unspecified atom stereocenters. The number of nitrogens with one attached hydrogen (secondary N) is 1. The van der Waals surface area contributed by atoms with Crippen LogP contribution in [0, 0.1) is 6.92 Å². The van der Waals surface area contributed by atoms with Crippen molar-refractivity contribution in [2.24, 2.45) is 4.99 Å². The van der Waals surface area contributed by atoms with E-state index in [2.05, 4.69) is 81.5 Å². The summed E-state index contributed by atoms with van der Waals surface area (Å²) in [7, 11) is 1.62. The number of urea groups is 1. The second-order valence-corrected chi connectivity index (χ2v) is 23.2. The van der Waals surface area contributed by atoms with Gasteiger partial charge in [0.05, 0.1) is 49.4 Å². The summed E-state index contributed by atoms with van der Waals surface area (Å²) >= 11 is 12.8. The smallest absolute Gasteiger partial charge is 0.326 e. The summed E-state index contributed by atoms with van der Waals surface area (Å²) in [6.07, 6.45) is 8.67. The average Bonchev–Trinajstić information content (AvgIpc) is 2.72. The van der Waals surface area contributed by atoms with Gasteiger partial charge in [-0.25, -0.2) is 9.78 Å². The molecule has 7 aromatic rings. The SMILES string of the molecule is COc1ccc(C2=N[C@@H](c3ccc(Cl)cc3)[C@@H](c3ccc(Cl)cc3)N2C(=O)N2CCN(CC(=O)NCCCCCCCCCc3cccc(-c4cc(N5CCN(CCO)CC5)n5nc(C)c(-c6ccccc6)c5n4)c3)CC2)c(OC(C)C)c1. The van der Waals surface area contributed by atoms with Gasteiger partial charge in [-0.15, -0.1) is 0 Å². The van der Waals surface area contributed by atoms with Crippen molar-refractivity contribution >= 4 is 52.4 Å². The number of aromatic nitrogens is 3. The summed E-state index contributed by atoms with van der Waals surface area (Å²) in [6, 6.07) is 41.2. The molecule has 0 spiro atoms. The fourth-order valence-electron chi connectivity index (χ4n) is 11.7. The zero-order valence-corrected chi connectivity index (χ0v) is 49.9. The van der Waals surface area contributed by atoms with Crippen LogP contribution in [-0.4, -0.2) is 149 Å². The summed E-state index contributed by atoms with van der Waals surface area (Å²) in [5.41, 5.74) is 9.83. The van der Waals surface area contributed by atoms with E-state index in [1.54, 1.807) is 7.11 Å². The third-order valence-corrected chi connectivity index (χ3v) is 16.6. The van der Waals surface area contributed by atoms with Crippen LogP contribution in [0.1, 0.15) is 98.8 Å². The van der Waals surface area contributed by atoms with Crippen molar-refractivity contribution < 1.29 is 24.2 Å². The van der Waals surface area contributed by atoms with Crippen LogP contribution in [0.15, 0.2) is 132 Å². The summed E-state index contributed by atoms with van der Waals surface area (Å²) in [6.45, 7) is 13.3. The second-order valence-electron chi connectivity index (χ2n) is 22.3. The number of aryl methyl sites for hydroxylation is 2. The molecular formula is C66H78Cl2N10O5. The quantitative estimate of drug-likeness (QED) is 0.0594. The van der Waals surface area contributed by atoms with Gasteiger partial charge in [0, 0.05) is 98.8 Å². The number of nitrogens with zero attached hydrogens (tertiary/aromatic N) is 9. The number of aliphatic imine (C=N–C) groups is 1. The molecule has 0 saturated carbocycles. The highest BCUT2D eigenvalue weighted by Gasteiger charge is 2.45. The Bertz CT molecular complexity index is 3320. The van der Waals surface area contributed by atoms with Crippen LogP contribution >= 0.6 is 23.2 Å². The van der Waals surface area contributed by atoms with Gasteiger partial charge in [-0.1, -0.05) is 128 Å². The number of carbonyl (C=O) groups excluding carboxylic acids is 2. The number of benzene rings is 5. The standard InChI is InChI=1S/C66H78Cl2N10O5/c1-46(2)83-58-43-55(82-4)29-30-56(58)64-71-62(50-21-25-53(67)26-22-50)63(51-23-27-54(68)28-24-51)77(64)66(81)76-38-34-74(35-39-76)45-59(80)69-31-14-9-7-5-6-8-11-16-48-17-15-20-52(42-48)57-44-60(75-36-32-73(33-37-75)40-41-79)78-65(70-57)61(47(3)72-78)49-18-12-10-13-19-49/h10,12-13,15,17-30,42-44,46,62-63,79H,5-9,11,14,16,31-41,45H2,1-4H3,(H,69,80)/t62-,63+/m0/s1. The summed E-state index contributed by atoms with van der Waals surface area (Å²) < 4.78 is 14.0. The Morgan fingerprint density at radius 1 is 0.723 bits per heavy atom. The fourth-order valence-corrected chi connectivity index (χ4v) is 12.0. The number of anilines is 1. The van der Waals surface area contributed by atoms with Gasteiger partial charge in [-0.05, 0) is 105 Å². The minimum atomic E-state index is -0.510. The molecule has 3 aliphatic heterocycles. The number of aliphatic hydroxyl groups is 1. The zero-order chi connectivity index (χ0) is 57.8. The van der Waals surface area contributed by atoms with Crippen molar-refractivity contribution in [3.8, 4) is 33.9 Å². The summed E-state index contributed by atoms with van der Waals surface area (Å²) in [5.74, 6) is 2.74. The maximum atomic E-state index is 15.2. The highest BCUT2D eigenvalue weighted by atomic mass is 35.5. The predicted molar refractivity (Wildman–Crippen MR) is 332 cm³/mol. The molecule has 3 aliphatic rings. The van der Waals surface area contributed by atoms with Crippen LogP contribution < -0.4 is 19.7 Å². The highest BCUT2D eigenvalue weighted by molar-refractivity contribution is 6.30. The Balaban J connectivity index is 0.685. The van der Waals surface area contributed by atoms with E-state index in [-0.39, 0.29) is 31.2 Å². The van der Waals surface area contributed by atoms with Crippen LogP contribution in [0.5, 0.6) is 11.5 Å². The van der Waals surface area contributed by atoms with E-state index in [9.17, 15) is 9.90 Å². The van der Waals surface area contributed by atoms with Crippen molar-refractivity contribution in [1.29, 1.82) is 0 Å². The molecule has 2 atom stereocenters. The van der Waals surface area contributed by atoms with E-state index in [1.807, 2.05) is 101 Å². The molecule has 5 aromatic carbocycles. The van der Waals surface area contributed by atoms with Gasteiger partial charge in [-0.3, -0.25) is 24.5 Å². The van der Waals surface area contributed by atoms with Crippen molar-refractivity contribution in [3.63, 3.8) is 0 Å². The van der Waals surface area contributed by atoms with Crippen LogP contribution in [0.2, 0.25) is 10.0 Å². The lowest BCUT2D eigenvalue weighted by Gasteiger charge is -2.39. The Morgan fingerprint density at radius 2 is 1.39 bits per heavy atom. The van der Waals surface area contributed by atoms with E-state index >= 15 is 4.79 Å². The summed E-state index contributed by atoms with van der Waals surface area (Å²) in [4.78, 5) is 49.6. The van der Waals surface area contributed by atoms with Gasteiger partial charge in [0.1, 0.15) is 29.2 Å². The van der Waals surface area contributed by atoms with E-state index in [0.29, 0.717) is 72.2 Å². The number of piperazine rings is 2. The molecule has 0 bridgehead atoms. The fraction of sp³-hybridized carbons (Fsp3) is 0.409. The number of fused-ring (bicyclic) bond motifs is 1. The molecule has 0 aliphatic carbocycles. The number of hydrogen-bond acceptors (Lipinski definition) is 11. The molecule has 3 amide bonds. The molecule has 0 radical (unpaired) electrons. The first kappa shape index (κ1) is 59.2. The van der Waals surface area contributed by atoms with Gasteiger partial charge >= 0.3 is 6.03 Å². The molecule has 2 aromatic heterocycles. The van der Waals surface area contributed by atoms with E-state index in [4.69, 9.17) is 47.8 Å². The number of hydrogen-bond donors (Lipinski definition) is 2. The predicted octanol–water partition coefficient (Wildman–Crippen LogP) is 12.0. The molecule has 5 heterocycles. The number of β-amino-alcohol motifs (C(OH)–C–C–N with tert-alkyl or cyclic N) is 1. The molecule has 83 heavy (non-hydrogen) atoms. The van der Waals surface area contributed by atoms with Gasteiger partial charge in [0.15, 0.2) is 5.65 Å². The molecule has 2 saturated heterocycles. The van der Waals surface area contributed by atoms with E-state index in [0.717, 1.165) is 109 Å². The lowest BCUT2D eigenvalue weighted by molar-refractivity contribution is -0.122. The molecule has 436 valence electrons. The molecule has 2 N–H and O–H groups in total. The Morgan fingerprint density at radius 3 is 2.07 bits per heavy atom. The van der Waals surface area contributed by atoms with Gasteiger partial charge in [0.2, 0.25) is 5.91 Å². The third-order valence-electron chi connectivity index (χ3n) is 16.1. The van der Waals surface area contributed by atoms with Crippen molar-refractivity contribution in [1.82, 2.24) is 39.5 Å². The number of halogens is 2. The van der Waals surface area contributed by atoms with Crippen molar-refractivity contribution in [2.75, 3.05) is 90.6 Å². The lowest BCUT2D eigenvalue weighted by Crippen LogP contribution is -2.55. The van der Waals surface area contributed by atoms with Crippen LogP contribution in [0.3, 0.4) is 0 Å². The highest BCUT2D eigenvalue weighted by Crippen LogP contribution is 2.46. The van der Waals surface area contributed by atoms with Gasteiger partial charge in [0.25, 0.3) is 0 Å². The normalized spacial score (nSPS) is 16.9. The van der Waals surface area contributed by atoms with Crippen LogP contribution in [-0.2, 0) is 11.2 Å². The second kappa shape index (κ2) is 28.0. The molecular weight excluding hydrogens is 1080 g/mol. The average molecular weight is 1160 g/mol. The van der Waals surface area contributed by atoms with E-state index in [1.165, 1.54) is 24.8 Å². The molecule has 17 heteroatoms. The number of amides is 3.